The van der Waals surface area contributed by atoms with Crippen molar-refractivity contribution in [3.05, 3.63) is 41.4 Å². The fraction of sp³-hybridized carbons (Fsp3) is 0.286. The van der Waals surface area contributed by atoms with Crippen molar-refractivity contribution in [2.45, 2.75) is 19.4 Å². The SMILES string of the molecule is C=CCNC(=O)C(C)(C)OC(=O)c1cc(N)ccc1Cl. The van der Waals surface area contributed by atoms with Crippen LogP contribution in [0.5, 0.6) is 0 Å². The molecule has 0 heterocycles. The molecule has 0 aliphatic rings. The van der Waals surface area contributed by atoms with Crippen LogP contribution in [0.2, 0.25) is 5.02 Å². The molecule has 0 fully saturated rings. The van der Waals surface area contributed by atoms with Gasteiger partial charge in [0.15, 0.2) is 5.60 Å². The second-order valence-corrected chi connectivity index (χ2v) is 5.05. The summed E-state index contributed by atoms with van der Waals surface area (Å²) in [5.74, 6) is -1.13. The number of ether oxygens (including phenoxy) is 1. The smallest absolute Gasteiger partial charge is 0.340 e. The molecule has 1 rings (SSSR count). The molecule has 0 atom stereocenters. The highest BCUT2D eigenvalue weighted by Gasteiger charge is 2.32. The van der Waals surface area contributed by atoms with Crippen LogP contribution in [0.1, 0.15) is 24.2 Å². The lowest BCUT2D eigenvalue weighted by Crippen LogP contribution is -2.45. The van der Waals surface area contributed by atoms with Gasteiger partial charge >= 0.3 is 5.97 Å². The molecule has 0 bridgehead atoms. The van der Waals surface area contributed by atoms with Crippen LogP contribution in [0.15, 0.2) is 30.9 Å². The van der Waals surface area contributed by atoms with E-state index in [-0.39, 0.29) is 10.6 Å². The molecule has 5 nitrogen and oxygen atoms in total. The Balaban J connectivity index is 2.86. The predicted octanol–water partition coefficient (Wildman–Crippen LogP) is 2.16. The highest BCUT2D eigenvalue weighted by atomic mass is 35.5. The number of carbonyl (C=O) groups excluding carboxylic acids is 2. The van der Waals surface area contributed by atoms with Crippen LogP contribution in [-0.4, -0.2) is 24.0 Å². The zero-order valence-electron chi connectivity index (χ0n) is 11.4. The molecule has 0 aromatic heterocycles. The predicted molar refractivity (Wildman–Crippen MR) is 78.6 cm³/mol. The van der Waals surface area contributed by atoms with E-state index in [0.717, 1.165) is 0 Å². The van der Waals surface area contributed by atoms with Crippen LogP contribution in [0.3, 0.4) is 0 Å². The Bertz CT molecular complexity index is 541. The monoisotopic (exact) mass is 296 g/mol. The first-order valence-corrected chi connectivity index (χ1v) is 6.33. The number of carbonyl (C=O) groups is 2. The van der Waals surface area contributed by atoms with E-state index in [1.807, 2.05) is 0 Å². The Labute approximate surface area is 122 Å². The fourth-order valence-electron chi connectivity index (χ4n) is 1.41. The third kappa shape index (κ3) is 3.99. The van der Waals surface area contributed by atoms with Gasteiger partial charge in [0.2, 0.25) is 0 Å². The first kappa shape index (κ1) is 16.0. The van der Waals surface area contributed by atoms with Gasteiger partial charge < -0.3 is 15.8 Å². The Morgan fingerprint density at radius 2 is 2.15 bits per heavy atom. The van der Waals surface area contributed by atoms with Crippen LogP contribution in [0, 0.1) is 0 Å². The summed E-state index contributed by atoms with van der Waals surface area (Å²) in [7, 11) is 0. The summed E-state index contributed by atoms with van der Waals surface area (Å²) in [6.07, 6.45) is 1.53. The van der Waals surface area contributed by atoms with Crippen molar-refractivity contribution in [3.8, 4) is 0 Å². The Morgan fingerprint density at radius 1 is 1.50 bits per heavy atom. The molecule has 3 N–H and O–H groups in total. The van der Waals surface area contributed by atoms with E-state index in [1.54, 1.807) is 6.07 Å². The van der Waals surface area contributed by atoms with Crippen molar-refractivity contribution in [1.29, 1.82) is 0 Å². The minimum atomic E-state index is -1.33. The molecule has 20 heavy (non-hydrogen) atoms. The van der Waals surface area contributed by atoms with Crippen LogP contribution < -0.4 is 11.1 Å². The van der Waals surface area contributed by atoms with E-state index in [1.165, 1.54) is 32.1 Å². The summed E-state index contributed by atoms with van der Waals surface area (Å²) in [5, 5.41) is 2.78. The van der Waals surface area contributed by atoms with E-state index >= 15 is 0 Å². The van der Waals surface area contributed by atoms with Gasteiger partial charge in [0.05, 0.1) is 10.6 Å². The maximum atomic E-state index is 12.0. The van der Waals surface area contributed by atoms with Crippen molar-refractivity contribution < 1.29 is 14.3 Å². The summed E-state index contributed by atoms with van der Waals surface area (Å²) in [6.45, 7) is 6.76. The van der Waals surface area contributed by atoms with Crippen molar-refractivity contribution in [3.63, 3.8) is 0 Å². The molecule has 1 aromatic carbocycles. The number of benzene rings is 1. The van der Waals surface area contributed by atoms with Crippen LogP contribution in [-0.2, 0) is 9.53 Å². The molecule has 0 saturated heterocycles. The van der Waals surface area contributed by atoms with Crippen molar-refractivity contribution >= 4 is 29.2 Å². The zero-order valence-corrected chi connectivity index (χ0v) is 12.2. The van der Waals surface area contributed by atoms with Gasteiger partial charge in [-0.2, -0.15) is 0 Å². The molecule has 0 aliphatic carbocycles. The van der Waals surface area contributed by atoms with Gasteiger partial charge in [0, 0.05) is 12.2 Å². The van der Waals surface area contributed by atoms with Gasteiger partial charge in [-0.1, -0.05) is 17.7 Å². The third-order valence-corrected chi connectivity index (χ3v) is 2.84. The maximum absolute atomic E-state index is 12.0. The Hall–Kier alpha value is -2.01. The number of hydrogen-bond donors (Lipinski definition) is 2. The minimum absolute atomic E-state index is 0.122. The zero-order chi connectivity index (χ0) is 15.3. The van der Waals surface area contributed by atoms with Gasteiger partial charge in [-0.05, 0) is 32.0 Å². The molecule has 1 amide bonds. The van der Waals surface area contributed by atoms with Crippen molar-refractivity contribution in [2.75, 3.05) is 12.3 Å². The topological polar surface area (TPSA) is 81.4 Å². The molecule has 0 radical (unpaired) electrons. The van der Waals surface area contributed by atoms with E-state index in [4.69, 9.17) is 22.1 Å². The number of anilines is 1. The summed E-state index contributed by atoms with van der Waals surface area (Å²) in [5.41, 5.74) is 4.78. The first-order valence-electron chi connectivity index (χ1n) is 5.95. The number of nitrogen functional groups attached to an aromatic ring is 1. The molecule has 0 aliphatic heterocycles. The highest BCUT2D eigenvalue weighted by molar-refractivity contribution is 6.33. The lowest BCUT2D eigenvalue weighted by molar-refractivity contribution is -0.137. The van der Waals surface area contributed by atoms with E-state index in [9.17, 15) is 9.59 Å². The largest absolute Gasteiger partial charge is 0.446 e. The minimum Gasteiger partial charge on any atom is -0.446 e. The maximum Gasteiger partial charge on any atom is 0.340 e. The fourth-order valence-corrected chi connectivity index (χ4v) is 1.60. The number of amides is 1. The summed E-state index contributed by atoms with van der Waals surface area (Å²) in [4.78, 5) is 23.9. The Morgan fingerprint density at radius 3 is 2.75 bits per heavy atom. The molecule has 108 valence electrons. The molecular weight excluding hydrogens is 280 g/mol. The van der Waals surface area contributed by atoms with E-state index in [0.29, 0.717) is 12.2 Å². The van der Waals surface area contributed by atoms with Gasteiger partial charge in [-0.25, -0.2) is 4.79 Å². The third-order valence-electron chi connectivity index (χ3n) is 2.51. The molecule has 1 aromatic rings. The van der Waals surface area contributed by atoms with Gasteiger partial charge in [0.25, 0.3) is 5.91 Å². The van der Waals surface area contributed by atoms with Crippen LogP contribution >= 0.6 is 11.6 Å². The summed E-state index contributed by atoms with van der Waals surface area (Å²) < 4.78 is 5.19. The number of nitrogens with one attached hydrogen (secondary N) is 1. The van der Waals surface area contributed by atoms with Gasteiger partial charge in [0.1, 0.15) is 0 Å². The quantitative estimate of drug-likeness (QED) is 0.495. The molecule has 0 saturated carbocycles. The first-order chi connectivity index (χ1) is 9.27. The van der Waals surface area contributed by atoms with Crippen LogP contribution in [0.4, 0.5) is 5.69 Å². The number of halogens is 1. The normalized spacial score (nSPS) is 10.8. The van der Waals surface area contributed by atoms with Gasteiger partial charge in [-0.3, -0.25) is 4.79 Å². The number of hydrogen-bond acceptors (Lipinski definition) is 4. The van der Waals surface area contributed by atoms with E-state index < -0.39 is 17.5 Å². The van der Waals surface area contributed by atoms with Gasteiger partial charge in [-0.15, -0.1) is 6.58 Å². The second-order valence-electron chi connectivity index (χ2n) is 4.64. The standard InChI is InChI=1S/C14H17ClN2O3/c1-4-7-17-13(19)14(2,3)20-12(18)10-8-9(16)5-6-11(10)15/h4-6,8H,1,7,16H2,2-3H3,(H,17,19). The highest BCUT2D eigenvalue weighted by Crippen LogP contribution is 2.22. The summed E-state index contributed by atoms with van der Waals surface area (Å²) >= 11 is 5.91. The van der Waals surface area contributed by atoms with Crippen molar-refractivity contribution in [2.24, 2.45) is 0 Å². The lowest BCUT2D eigenvalue weighted by atomic mass is 10.1. The number of esters is 1. The second kappa shape index (κ2) is 6.43. The lowest BCUT2D eigenvalue weighted by Gasteiger charge is -2.24. The Kier molecular flexibility index (Phi) is 5.16. The van der Waals surface area contributed by atoms with Crippen molar-refractivity contribution in [1.82, 2.24) is 5.32 Å². The van der Waals surface area contributed by atoms with E-state index in [2.05, 4.69) is 11.9 Å². The summed E-state index contributed by atoms with van der Waals surface area (Å²) in [6, 6.07) is 4.47. The average Bonchev–Trinajstić information content (AvgIpc) is 2.38. The molecule has 6 heteroatoms. The van der Waals surface area contributed by atoms with Crippen LogP contribution in [0.25, 0.3) is 0 Å². The molecular formula is C14H17ClN2O3. The molecule has 0 spiro atoms. The number of rotatable bonds is 5. The number of nitrogens with two attached hydrogens (primary N) is 1. The molecule has 0 unspecified atom stereocenters. The average molecular weight is 297 g/mol.